The van der Waals surface area contributed by atoms with Crippen molar-refractivity contribution in [2.24, 2.45) is 0 Å². The zero-order valence-corrected chi connectivity index (χ0v) is 38.0. The molecule has 0 rings (SSSR count). The Balaban J connectivity index is 4.46. The van der Waals surface area contributed by atoms with Gasteiger partial charge in [-0.05, 0) is 83.5 Å². The summed E-state index contributed by atoms with van der Waals surface area (Å²) in [5.74, 6) is -0.956. The van der Waals surface area contributed by atoms with Gasteiger partial charge < -0.3 is 14.2 Å². The van der Waals surface area contributed by atoms with Gasteiger partial charge in [-0.15, -0.1) is 0 Å². The lowest BCUT2D eigenvalue weighted by atomic mass is 10.1. The number of unbranched alkanes of at least 4 members (excludes halogenated alkanes) is 18. The highest BCUT2D eigenvalue weighted by molar-refractivity contribution is 5.71. The van der Waals surface area contributed by atoms with E-state index in [9.17, 15) is 14.4 Å². The summed E-state index contributed by atoms with van der Waals surface area (Å²) in [6, 6.07) is 0. The number of hydrogen-bond donors (Lipinski definition) is 0. The van der Waals surface area contributed by atoms with Crippen molar-refractivity contribution < 1.29 is 28.6 Å². The van der Waals surface area contributed by atoms with Crippen LogP contribution in [0.1, 0.15) is 201 Å². The Hall–Kier alpha value is -3.67. The molecule has 0 aliphatic rings. The van der Waals surface area contributed by atoms with Crippen molar-refractivity contribution in [2.75, 3.05) is 13.2 Å². The number of allylic oxidation sites excluding steroid dienone is 16. The van der Waals surface area contributed by atoms with Crippen molar-refractivity contribution in [1.29, 1.82) is 0 Å². The van der Waals surface area contributed by atoms with Gasteiger partial charge in [-0.2, -0.15) is 0 Å². The average molecular weight is 819 g/mol. The van der Waals surface area contributed by atoms with Gasteiger partial charge in [0.1, 0.15) is 13.2 Å². The third kappa shape index (κ3) is 45.3. The van der Waals surface area contributed by atoms with E-state index in [1.165, 1.54) is 32.1 Å². The summed E-state index contributed by atoms with van der Waals surface area (Å²) >= 11 is 0. The zero-order chi connectivity index (χ0) is 43.0. The molecular formula is C53H86O6. The molecule has 6 heteroatoms. The number of rotatable bonds is 41. The zero-order valence-electron chi connectivity index (χ0n) is 38.0. The fourth-order valence-electron chi connectivity index (χ4n) is 6.08. The quantitative estimate of drug-likeness (QED) is 0.0201. The minimum absolute atomic E-state index is 0.0980. The van der Waals surface area contributed by atoms with E-state index in [0.717, 1.165) is 128 Å². The molecule has 334 valence electrons. The van der Waals surface area contributed by atoms with Gasteiger partial charge in [0.05, 0.1) is 0 Å². The van der Waals surface area contributed by atoms with E-state index in [1.54, 1.807) is 0 Å². The highest BCUT2D eigenvalue weighted by Crippen LogP contribution is 2.13. The molecule has 0 spiro atoms. The molecule has 0 aliphatic carbocycles. The van der Waals surface area contributed by atoms with Crippen LogP contribution in [0.15, 0.2) is 97.2 Å². The highest BCUT2D eigenvalue weighted by atomic mass is 16.6. The Morgan fingerprint density at radius 3 is 1.25 bits per heavy atom. The Kier molecular flexibility index (Phi) is 44.1. The molecule has 0 N–H and O–H groups in total. The van der Waals surface area contributed by atoms with Gasteiger partial charge in [-0.1, -0.05) is 195 Å². The molecule has 1 atom stereocenters. The monoisotopic (exact) mass is 819 g/mol. The van der Waals surface area contributed by atoms with Gasteiger partial charge in [-0.3, -0.25) is 14.4 Å². The second-order valence-corrected chi connectivity index (χ2v) is 15.4. The molecule has 0 heterocycles. The molecule has 6 nitrogen and oxygen atoms in total. The predicted octanol–water partition coefficient (Wildman–Crippen LogP) is 15.4. The maximum Gasteiger partial charge on any atom is 0.306 e. The first-order valence-corrected chi connectivity index (χ1v) is 23.8. The van der Waals surface area contributed by atoms with Gasteiger partial charge >= 0.3 is 17.9 Å². The van der Waals surface area contributed by atoms with Crippen molar-refractivity contribution >= 4 is 17.9 Å². The smallest absolute Gasteiger partial charge is 0.306 e. The Bertz CT molecular complexity index is 1220. The number of carbonyl (C=O) groups is 3. The van der Waals surface area contributed by atoms with E-state index in [-0.39, 0.29) is 31.1 Å². The molecule has 0 saturated heterocycles. The van der Waals surface area contributed by atoms with Crippen LogP contribution in [0.4, 0.5) is 0 Å². The number of hydrogen-bond acceptors (Lipinski definition) is 6. The summed E-state index contributed by atoms with van der Waals surface area (Å²) in [6.07, 6.45) is 61.0. The molecule has 0 bridgehead atoms. The summed E-state index contributed by atoms with van der Waals surface area (Å²) in [4.78, 5) is 37.8. The van der Waals surface area contributed by atoms with E-state index in [0.29, 0.717) is 19.3 Å². The lowest BCUT2D eigenvalue weighted by Crippen LogP contribution is -2.30. The van der Waals surface area contributed by atoms with E-state index in [2.05, 4.69) is 81.5 Å². The van der Waals surface area contributed by atoms with Crippen molar-refractivity contribution in [3.8, 4) is 0 Å². The molecule has 0 aromatic carbocycles. The van der Waals surface area contributed by atoms with Crippen LogP contribution < -0.4 is 0 Å². The Labute approximate surface area is 362 Å². The van der Waals surface area contributed by atoms with Crippen LogP contribution in [0.25, 0.3) is 0 Å². The number of ether oxygens (including phenoxy) is 3. The largest absolute Gasteiger partial charge is 0.462 e. The van der Waals surface area contributed by atoms with E-state index in [1.807, 2.05) is 36.5 Å². The highest BCUT2D eigenvalue weighted by Gasteiger charge is 2.19. The first-order chi connectivity index (χ1) is 29.0. The van der Waals surface area contributed by atoms with Crippen LogP contribution in [0.3, 0.4) is 0 Å². The van der Waals surface area contributed by atoms with Crippen molar-refractivity contribution in [2.45, 2.75) is 207 Å². The Morgan fingerprint density at radius 2 is 0.763 bits per heavy atom. The second kappa shape index (κ2) is 47.0. The Morgan fingerprint density at radius 1 is 0.373 bits per heavy atom. The normalized spacial score (nSPS) is 12.9. The van der Waals surface area contributed by atoms with Crippen molar-refractivity contribution in [1.82, 2.24) is 0 Å². The summed E-state index contributed by atoms with van der Waals surface area (Å²) in [6.45, 7) is 6.33. The van der Waals surface area contributed by atoms with E-state index in [4.69, 9.17) is 14.2 Å². The van der Waals surface area contributed by atoms with Crippen LogP contribution in [-0.2, 0) is 28.6 Å². The SMILES string of the molecule is CC/C=C\C/C=C\CCCCCCCC(=O)OC(COC(=O)CCCCCCC\C=C/C=C\C=C/C=C\C=C/CCC)COC(=O)CCCCCCC/C=C\CCCC. The van der Waals surface area contributed by atoms with E-state index < -0.39 is 6.10 Å². The topological polar surface area (TPSA) is 78.9 Å². The fourth-order valence-corrected chi connectivity index (χ4v) is 6.08. The van der Waals surface area contributed by atoms with Crippen LogP contribution in [0.5, 0.6) is 0 Å². The lowest BCUT2D eigenvalue weighted by molar-refractivity contribution is -0.167. The third-order valence-corrected chi connectivity index (χ3v) is 9.65. The first-order valence-electron chi connectivity index (χ1n) is 23.8. The van der Waals surface area contributed by atoms with Crippen LogP contribution in [-0.4, -0.2) is 37.2 Å². The fraction of sp³-hybridized carbons (Fsp3) is 0.642. The predicted molar refractivity (Wildman–Crippen MR) is 251 cm³/mol. The van der Waals surface area contributed by atoms with Crippen LogP contribution >= 0.6 is 0 Å². The van der Waals surface area contributed by atoms with Gasteiger partial charge in [0.2, 0.25) is 0 Å². The standard InChI is InChI=1S/C53H86O6/c1-4-7-10-13-16-19-22-24-25-26-27-28-29-32-34-37-40-43-46-52(55)58-49-50(48-57-51(54)45-42-39-36-33-30-21-18-15-12-9-6-3)59-53(56)47-44-41-38-35-31-23-20-17-14-11-8-5-2/h8,10-11,13,15-20,22,24-28,50H,4-7,9,12,14,21,23,29-49H2,1-3H3/b11-8-,13-10-,18-15-,19-16-,20-17-,24-22-,26-25-,28-27-. The lowest BCUT2D eigenvalue weighted by Gasteiger charge is -2.18. The summed E-state index contributed by atoms with van der Waals surface area (Å²) in [7, 11) is 0. The molecule has 0 aromatic rings. The molecule has 0 fully saturated rings. The molecule has 0 amide bonds. The average Bonchev–Trinajstić information content (AvgIpc) is 3.23. The van der Waals surface area contributed by atoms with E-state index >= 15 is 0 Å². The minimum atomic E-state index is -0.798. The van der Waals surface area contributed by atoms with Gasteiger partial charge in [0.15, 0.2) is 6.10 Å². The maximum absolute atomic E-state index is 12.7. The molecule has 0 saturated carbocycles. The van der Waals surface area contributed by atoms with Crippen LogP contribution in [0, 0.1) is 0 Å². The summed E-state index contributed by atoms with van der Waals surface area (Å²) in [5.41, 5.74) is 0. The number of esters is 3. The second-order valence-electron chi connectivity index (χ2n) is 15.4. The maximum atomic E-state index is 12.7. The molecule has 0 aliphatic heterocycles. The van der Waals surface area contributed by atoms with Gasteiger partial charge in [0.25, 0.3) is 0 Å². The van der Waals surface area contributed by atoms with Gasteiger partial charge in [0, 0.05) is 19.3 Å². The summed E-state index contributed by atoms with van der Waals surface area (Å²) < 4.78 is 16.7. The van der Waals surface area contributed by atoms with Crippen LogP contribution in [0.2, 0.25) is 0 Å². The molecule has 0 aromatic heterocycles. The molecule has 0 radical (unpaired) electrons. The minimum Gasteiger partial charge on any atom is -0.462 e. The van der Waals surface area contributed by atoms with Crippen molar-refractivity contribution in [3.05, 3.63) is 97.2 Å². The molecule has 1 unspecified atom stereocenters. The molecule has 59 heavy (non-hydrogen) atoms. The van der Waals surface area contributed by atoms with Gasteiger partial charge in [-0.25, -0.2) is 0 Å². The third-order valence-electron chi connectivity index (χ3n) is 9.65. The number of carbonyl (C=O) groups excluding carboxylic acids is 3. The first kappa shape index (κ1) is 55.3. The summed E-state index contributed by atoms with van der Waals surface area (Å²) in [5, 5.41) is 0. The molecular weight excluding hydrogens is 733 g/mol. The van der Waals surface area contributed by atoms with Crippen molar-refractivity contribution in [3.63, 3.8) is 0 Å².